The first-order valence-electron chi connectivity index (χ1n) is 14.7. The van der Waals surface area contributed by atoms with Crippen molar-refractivity contribution in [1.82, 2.24) is 9.80 Å². The first-order chi connectivity index (χ1) is 17.0. The van der Waals surface area contributed by atoms with Crippen molar-refractivity contribution < 1.29 is 9.90 Å². The number of β-amino-alcohol motifs (C(OH)–C–C–N with tert-alkyl or cyclic N) is 1. The van der Waals surface area contributed by atoms with Crippen molar-refractivity contribution in [3.05, 3.63) is 35.9 Å². The van der Waals surface area contributed by atoms with Crippen molar-refractivity contribution in [3.8, 4) is 0 Å². The molecule has 2 aliphatic carbocycles. The summed E-state index contributed by atoms with van der Waals surface area (Å²) in [7, 11) is 0. The molecule has 194 valence electrons. The predicted molar refractivity (Wildman–Crippen MR) is 142 cm³/mol. The molecule has 3 atom stereocenters. The Labute approximate surface area is 213 Å². The summed E-state index contributed by atoms with van der Waals surface area (Å²) >= 11 is 0. The molecule has 5 rings (SSSR count). The van der Waals surface area contributed by atoms with Crippen LogP contribution in [0, 0.1) is 23.2 Å². The Hall–Kier alpha value is -1.39. The Balaban J connectivity index is 1.19. The Kier molecular flexibility index (Phi) is 7.89. The van der Waals surface area contributed by atoms with Gasteiger partial charge in [0.15, 0.2) is 0 Å². The summed E-state index contributed by atoms with van der Waals surface area (Å²) in [6, 6.07) is 10.9. The van der Waals surface area contributed by atoms with Crippen LogP contribution in [0.2, 0.25) is 0 Å². The summed E-state index contributed by atoms with van der Waals surface area (Å²) in [4.78, 5) is 18.2. The van der Waals surface area contributed by atoms with Crippen molar-refractivity contribution in [2.75, 3.05) is 32.7 Å². The maximum atomic E-state index is 13.5. The van der Waals surface area contributed by atoms with Gasteiger partial charge in [-0.05, 0) is 62.5 Å². The SMILES string of the molecule is C[C@H](CC1CCCCC1)C(=O)N1CCC(O)(CN2CCC(Cc3ccccc3)C2)C2(CCCC2)C1. The molecular weight excluding hydrogens is 432 g/mol. The highest BCUT2D eigenvalue weighted by Crippen LogP contribution is 2.51. The predicted octanol–water partition coefficient (Wildman–Crippen LogP) is 5.68. The van der Waals surface area contributed by atoms with Crippen LogP contribution in [0.15, 0.2) is 30.3 Å². The van der Waals surface area contributed by atoms with Gasteiger partial charge in [0.1, 0.15) is 0 Å². The Morgan fingerprint density at radius 3 is 2.46 bits per heavy atom. The second kappa shape index (κ2) is 10.9. The van der Waals surface area contributed by atoms with Crippen LogP contribution < -0.4 is 0 Å². The third-order valence-electron chi connectivity index (χ3n) is 10.2. The molecule has 2 aliphatic heterocycles. The van der Waals surface area contributed by atoms with Gasteiger partial charge >= 0.3 is 0 Å². The number of rotatable bonds is 7. The van der Waals surface area contributed by atoms with Gasteiger partial charge in [0.25, 0.3) is 0 Å². The molecule has 1 N–H and O–H groups in total. The van der Waals surface area contributed by atoms with E-state index >= 15 is 0 Å². The lowest BCUT2D eigenvalue weighted by Gasteiger charge is -2.54. The van der Waals surface area contributed by atoms with Gasteiger partial charge in [-0.2, -0.15) is 0 Å². The zero-order chi connectivity index (χ0) is 24.3. The van der Waals surface area contributed by atoms with E-state index in [4.69, 9.17) is 0 Å². The maximum absolute atomic E-state index is 13.5. The number of carbonyl (C=O) groups excluding carboxylic acids is 1. The highest BCUT2D eigenvalue weighted by atomic mass is 16.3. The van der Waals surface area contributed by atoms with Gasteiger partial charge in [-0.15, -0.1) is 0 Å². The average molecular weight is 481 g/mol. The van der Waals surface area contributed by atoms with E-state index in [2.05, 4.69) is 47.1 Å². The fraction of sp³-hybridized carbons (Fsp3) is 0.774. The van der Waals surface area contributed by atoms with Crippen LogP contribution in [0.1, 0.15) is 89.5 Å². The summed E-state index contributed by atoms with van der Waals surface area (Å²) in [6.07, 6.45) is 15.4. The van der Waals surface area contributed by atoms with Crippen molar-refractivity contribution >= 4 is 5.91 Å². The van der Waals surface area contributed by atoms with Crippen LogP contribution in [0.4, 0.5) is 0 Å². The number of aliphatic hydroxyl groups is 1. The molecule has 1 spiro atoms. The normalized spacial score (nSPS) is 30.7. The van der Waals surface area contributed by atoms with Crippen LogP contribution in [-0.4, -0.2) is 59.1 Å². The summed E-state index contributed by atoms with van der Waals surface area (Å²) < 4.78 is 0. The van der Waals surface area contributed by atoms with E-state index in [-0.39, 0.29) is 11.3 Å². The van der Waals surface area contributed by atoms with Crippen molar-refractivity contribution in [2.45, 2.75) is 96.0 Å². The summed E-state index contributed by atoms with van der Waals surface area (Å²) in [5.41, 5.74) is 0.664. The number of piperidine rings is 1. The van der Waals surface area contributed by atoms with Crippen LogP contribution in [0.25, 0.3) is 0 Å². The molecule has 2 saturated heterocycles. The molecule has 1 aromatic rings. The fourth-order valence-electron chi connectivity index (χ4n) is 8.16. The quantitative estimate of drug-likeness (QED) is 0.546. The van der Waals surface area contributed by atoms with E-state index in [1.54, 1.807) is 0 Å². The Bertz CT molecular complexity index is 830. The van der Waals surface area contributed by atoms with Crippen LogP contribution >= 0.6 is 0 Å². The molecule has 35 heavy (non-hydrogen) atoms. The standard InChI is InChI=1S/C31H48N2O2/c1-25(20-26-10-4-2-5-11-26)29(34)33-19-17-31(35,30(23-33)15-8-9-16-30)24-32-18-14-28(22-32)21-27-12-6-3-7-13-27/h3,6-7,12-13,25-26,28,35H,2,4-5,8-11,14-24H2,1H3/t25-,28?,31?/m1/s1. The number of nitrogens with zero attached hydrogens (tertiary/aromatic N) is 2. The summed E-state index contributed by atoms with van der Waals surface area (Å²) in [5, 5.41) is 12.2. The van der Waals surface area contributed by atoms with E-state index in [0.29, 0.717) is 11.8 Å². The van der Waals surface area contributed by atoms with E-state index in [9.17, 15) is 9.90 Å². The monoisotopic (exact) mass is 480 g/mol. The molecule has 1 amide bonds. The molecule has 2 saturated carbocycles. The Morgan fingerprint density at radius 2 is 1.71 bits per heavy atom. The highest BCUT2D eigenvalue weighted by molar-refractivity contribution is 5.78. The topological polar surface area (TPSA) is 43.8 Å². The fourth-order valence-corrected chi connectivity index (χ4v) is 8.16. The van der Waals surface area contributed by atoms with E-state index < -0.39 is 5.60 Å². The second-order valence-electron chi connectivity index (χ2n) is 12.7. The minimum Gasteiger partial charge on any atom is -0.388 e. The van der Waals surface area contributed by atoms with E-state index in [0.717, 1.165) is 70.7 Å². The summed E-state index contributed by atoms with van der Waals surface area (Å²) in [5.74, 6) is 1.90. The largest absolute Gasteiger partial charge is 0.388 e. The zero-order valence-corrected chi connectivity index (χ0v) is 22.1. The lowest BCUT2D eigenvalue weighted by atomic mass is 9.65. The smallest absolute Gasteiger partial charge is 0.225 e. The first kappa shape index (κ1) is 25.3. The van der Waals surface area contributed by atoms with Crippen molar-refractivity contribution in [2.24, 2.45) is 23.2 Å². The molecule has 2 unspecified atom stereocenters. The number of amides is 1. The lowest BCUT2D eigenvalue weighted by molar-refractivity contribution is -0.164. The van der Waals surface area contributed by atoms with Gasteiger partial charge in [0.2, 0.25) is 5.91 Å². The molecule has 0 bridgehead atoms. The molecule has 4 nitrogen and oxygen atoms in total. The second-order valence-corrected chi connectivity index (χ2v) is 12.7. The van der Waals surface area contributed by atoms with Crippen molar-refractivity contribution in [1.29, 1.82) is 0 Å². The van der Waals surface area contributed by atoms with Crippen LogP contribution in [-0.2, 0) is 11.2 Å². The van der Waals surface area contributed by atoms with Crippen LogP contribution in [0.3, 0.4) is 0 Å². The van der Waals surface area contributed by atoms with Crippen LogP contribution in [0.5, 0.6) is 0 Å². The molecule has 2 heterocycles. The molecule has 0 radical (unpaired) electrons. The van der Waals surface area contributed by atoms with E-state index in [1.165, 1.54) is 56.9 Å². The number of hydrogen-bond acceptors (Lipinski definition) is 3. The molecule has 0 aromatic heterocycles. The summed E-state index contributed by atoms with van der Waals surface area (Å²) in [6.45, 7) is 6.64. The number of likely N-dealkylation sites (tertiary alicyclic amines) is 2. The first-order valence-corrected chi connectivity index (χ1v) is 14.7. The zero-order valence-electron chi connectivity index (χ0n) is 22.1. The minimum absolute atomic E-state index is 0.108. The van der Waals surface area contributed by atoms with Gasteiger partial charge in [0, 0.05) is 37.5 Å². The molecule has 4 heteroatoms. The molecule has 4 fully saturated rings. The van der Waals surface area contributed by atoms with Gasteiger partial charge < -0.3 is 14.9 Å². The number of benzene rings is 1. The molecule has 1 aromatic carbocycles. The maximum Gasteiger partial charge on any atom is 0.225 e. The average Bonchev–Trinajstić information content (AvgIpc) is 3.52. The van der Waals surface area contributed by atoms with Gasteiger partial charge in [-0.25, -0.2) is 0 Å². The van der Waals surface area contributed by atoms with Gasteiger partial charge in [0.05, 0.1) is 5.60 Å². The van der Waals surface area contributed by atoms with Crippen molar-refractivity contribution in [3.63, 3.8) is 0 Å². The number of carbonyl (C=O) groups is 1. The lowest BCUT2D eigenvalue weighted by Crippen LogP contribution is -2.64. The Morgan fingerprint density at radius 1 is 0.971 bits per heavy atom. The van der Waals surface area contributed by atoms with Gasteiger partial charge in [-0.3, -0.25) is 4.79 Å². The molecule has 4 aliphatic rings. The minimum atomic E-state index is -0.658. The number of hydrogen-bond donors (Lipinski definition) is 1. The molecular formula is C31H48N2O2. The third kappa shape index (κ3) is 5.64. The van der Waals surface area contributed by atoms with Gasteiger partial charge in [-0.1, -0.05) is 82.2 Å². The highest BCUT2D eigenvalue weighted by Gasteiger charge is 2.56. The van der Waals surface area contributed by atoms with E-state index in [1.807, 2.05) is 0 Å². The third-order valence-corrected chi connectivity index (χ3v) is 10.2.